The maximum Gasteiger partial charge on any atom is 0.410 e. The number of para-hydroxylation sites is 1. The van der Waals surface area contributed by atoms with Gasteiger partial charge in [-0.3, -0.25) is 0 Å². The van der Waals surface area contributed by atoms with Gasteiger partial charge in [0, 0.05) is 25.7 Å². The average Bonchev–Trinajstić information content (AvgIpc) is 2.44. The van der Waals surface area contributed by atoms with Crippen LogP contribution < -0.4 is 9.64 Å². The molecule has 0 aliphatic carbocycles. The number of anilines is 1. The summed E-state index contributed by atoms with van der Waals surface area (Å²) in [7, 11) is 1.67. The van der Waals surface area contributed by atoms with Gasteiger partial charge in [-0.15, -0.1) is 0 Å². The minimum Gasteiger partial charge on any atom is -0.493 e. The fraction of sp³-hybridized carbons (Fsp3) is 0.588. The van der Waals surface area contributed by atoms with Gasteiger partial charge in [0.05, 0.1) is 17.3 Å². The van der Waals surface area contributed by atoms with Crippen LogP contribution in [0.4, 0.5) is 10.5 Å². The Labute approximate surface area is 146 Å². The molecule has 1 aliphatic heterocycles. The van der Waals surface area contributed by atoms with E-state index in [1.807, 2.05) is 45.9 Å². The number of carbonyl (C=O) groups excluding carboxylic acids is 1. The summed E-state index contributed by atoms with van der Waals surface area (Å²) in [4.78, 5) is 16.3. The van der Waals surface area contributed by atoms with Crippen LogP contribution in [0.25, 0.3) is 0 Å². The molecule has 0 saturated carbocycles. The van der Waals surface area contributed by atoms with E-state index < -0.39 is 5.60 Å². The Hall–Kier alpha value is -1.43. The van der Waals surface area contributed by atoms with Crippen molar-refractivity contribution < 1.29 is 14.3 Å². The maximum absolute atomic E-state index is 12.3. The van der Waals surface area contributed by atoms with E-state index >= 15 is 0 Å². The molecule has 5 nitrogen and oxygen atoms in total. The Morgan fingerprint density at radius 3 is 2.57 bits per heavy atom. The summed E-state index contributed by atoms with van der Waals surface area (Å²) < 4.78 is 11.9. The Bertz CT molecular complexity index is 571. The lowest BCUT2D eigenvalue weighted by Crippen LogP contribution is -2.55. The monoisotopic (exact) mass is 384 g/mol. The first-order valence-electron chi connectivity index (χ1n) is 7.80. The Kier molecular flexibility index (Phi) is 5.45. The molecule has 1 aromatic rings. The fourth-order valence-electron chi connectivity index (χ4n) is 2.72. The highest BCUT2D eigenvalue weighted by molar-refractivity contribution is 9.10. The molecule has 1 amide bonds. The lowest BCUT2D eigenvalue weighted by atomic mass is 10.1. The molecule has 1 fully saturated rings. The number of methoxy groups -OCH3 is 1. The van der Waals surface area contributed by atoms with Gasteiger partial charge in [0.15, 0.2) is 5.75 Å². The van der Waals surface area contributed by atoms with Gasteiger partial charge in [-0.2, -0.15) is 0 Å². The first kappa shape index (κ1) is 17.9. The number of rotatable bonds is 2. The van der Waals surface area contributed by atoms with Crippen LogP contribution in [0.15, 0.2) is 22.7 Å². The first-order chi connectivity index (χ1) is 10.7. The minimum absolute atomic E-state index is 0.0716. The van der Waals surface area contributed by atoms with Gasteiger partial charge in [0.25, 0.3) is 0 Å². The molecule has 2 rings (SSSR count). The Balaban J connectivity index is 2.10. The van der Waals surface area contributed by atoms with E-state index in [9.17, 15) is 4.79 Å². The van der Waals surface area contributed by atoms with Gasteiger partial charge >= 0.3 is 6.09 Å². The normalized spacial score (nSPS) is 18.8. The summed E-state index contributed by atoms with van der Waals surface area (Å²) in [6.07, 6.45) is -0.245. The van der Waals surface area contributed by atoms with Crippen molar-refractivity contribution in [2.45, 2.75) is 39.3 Å². The molecule has 0 spiro atoms. The third-order valence-electron chi connectivity index (χ3n) is 3.75. The van der Waals surface area contributed by atoms with Gasteiger partial charge in [0.2, 0.25) is 0 Å². The molecule has 0 N–H and O–H groups in total. The Morgan fingerprint density at radius 2 is 2.00 bits per heavy atom. The van der Waals surface area contributed by atoms with Crippen LogP contribution in [0.2, 0.25) is 0 Å². The van der Waals surface area contributed by atoms with Crippen molar-refractivity contribution in [3.05, 3.63) is 22.7 Å². The molecule has 23 heavy (non-hydrogen) atoms. The molecule has 0 radical (unpaired) electrons. The van der Waals surface area contributed by atoms with Gasteiger partial charge < -0.3 is 19.3 Å². The second-order valence-corrected chi connectivity index (χ2v) is 7.62. The van der Waals surface area contributed by atoms with Crippen LogP contribution >= 0.6 is 15.9 Å². The molecular weight excluding hydrogens is 360 g/mol. The van der Waals surface area contributed by atoms with E-state index in [1.54, 1.807) is 12.0 Å². The largest absolute Gasteiger partial charge is 0.493 e. The zero-order valence-corrected chi connectivity index (χ0v) is 16.0. The van der Waals surface area contributed by atoms with Crippen LogP contribution in [0.3, 0.4) is 0 Å². The molecule has 0 bridgehead atoms. The standard InChI is InChI=1S/C17H25BrN2O3/c1-12-11-19(14-8-6-7-13(18)15(14)22-5)9-10-20(12)16(21)23-17(2,3)4/h6-8,12H,9-11H2,1-5H3/t12-/m1/s1. The summed E-state index contributed by atoms with van der Waals surface area (Å²) in [5.74, 6) is 0.824. The predicted molar refractivity (Wildman–Crippen MR) is 95.3 cm³/mol. The van der Waals surface area contributed by atoms with Gasteiger partial charge in [0.1, 0.15) is 5.60 Å². The number of benzene rings is 1. The predicted octanol–water partition coefficient (Wildman–Crippen LogP) is 3.90. The molecule has 0 unspecified atom stereocenters. The zero-order chi connectivity index (χ0) is 17.2. The van der Waals surface area contributed by atoms with Crippen LogP contribution in [0, 0.1) is 0 Å². The highest BCUT2D eigenvalue weighted by atomic mass is 79.9. The van der Waals surface area contributed by atoms with Crippen molar-refractivity contribution in [3.63, 3.8) is 0 Å². The average molecular weight is 385 g/mol. The molecule has 1 aliphatic rings. The topological polar surface area (TPSA) is 42.0 Å². The van der Waals surface area contributed by atoms with Crippen molar-refractivity contribution in [2.75, 3.05) is 31.6 Å². The third kappa shape index (κ3) is 4.31. The molecule has 6 heteroatoms. The number of amides is 1. The lowest BCUT2D eigenvalue weighted by Gasteiger charge is -2.41. The van der Waals surface area contributed by atoms with Crippen molar-refractivity contribution >= 4 is 27.7 Å². The van der Waals surface area contributed by atoms with E-state index in [4.69, 9.17) is 9.47 Å². The van der Waals surface area contributed by atoms with Crippen LogP contribution in [0.1, 0.15) is 27.7 Å². The second-order valence-electron chi connectivity index (χ2n) is 6.76. The number of halogens is 1. The number of hydrogen-bond acceptors (Lipinski definition) is 4. The van der Waals surface area contributed by atoms with Crippen molar-refractivity contribution in [1.29, 1.82) is 0 Å². The molecule has 1 atom stereocenters. The van der Waals surface area contributed by atoms with Gasteiger partial charge in [-0.1, -0.05) is 6.07 Å². The SMILES string of the molecule is COc1c(Br)cccc1N1CCN(C(=O)OC(C)(C)C)[C@H](C)C1. The van der Waals surface area contributed by atoms with Crippen molar-refractivity contribution in [3.8, 4) is 5.75 Å². The summed E-state index contributed by atoms with van der Waals surface area (Å²) in [6, 6.07) is 6.07. The van der Waals surface area contributed by atoms with Gasteiger partial charge in [-0.25, -0.2) is 4.79 Å². The maximum atomic E-state index is 12.3. The number of nitrogens with zero attached hydrogens (tertiary/aromatic N) is 2. The molecule has 0 aromatic heterocycles. The number of piperazine rings is 1. The zero-order valence-electron chi connectivity index (χ0n) is 14.4. The quantitative estimate of drug-likeness (QED) is 0.775. The van der Waals surface area contributed by atoms with E-state index in [0.717, 1.165) is 29.0 Å². The van der Waals surface area contributed by atoms with Crippen LogP contribution in [-0.2, 0) is 4.74 Å². The smallest absolute Gasteiger partial charge is 0.410 e. The summed E-state index contributed by atoms with van der Waals surface area (Å²) in [5, 5.41) is 0. The molecule has 128 valence electrons. The minimum atomic E-state index is -0.471. The third-order valence-corrected chi connectivity index (χ3v) is 4.37. The van der Waals surface area contributed by atoms with E-state index in [2.05, 4.69) is 20.8 Å². The van der Waals surface area contributed by atoms with Crippen molar-refractivity contribution in [2.24, 2.45) is 0 Å². The molecule has 1 aromatic carbocycles. The summed E-state index contributed by atoms with van der Waals surface area (Å²) in [5.41, 5.74) is 0.569. The summed E-state index contributed by atoms with van der Waals surface area (Å²) in [6.45, 7) is 9.82. The highest BCUT2D eigenvalue weighted by Crippen LogP contribution is 2.36. The molecule has 1 heterocycles. The summed E-state index contributed by atoms with van der Waals surface area (Å²) >= 11 is 3.52. The van der Waals surface area contributed by atoms with Crippen LogP contribution in [-0.4, -0.2) is 49.4 Å². The van der Waals surface area contributed by atoms with Gasteiger partial charge in [-0.05, 0) is 55.8 Å². The molecular formula is C17H25BrN2O3. The van der Waals surface area contributed by atoms with E-state index in [0.29, 0.717) is 6.54 Å². The first-order valence-corrected chi connectivity index (χ1v) is 8.59. The second kappa shape index (κ2) is 6.99. The van der Waals surface area contributed by atoms with E-state index in [1.165, 1.54) is 0 Å². The highest BCUT2D eigenvalue weighted by Gasteiger charge is 2.31. The number of ether oxygens (including phenoxy) is 2. The number of hydrogen-bond donors (Lipinski definition) is 0. The van der Waals surface area contributed by atoms with E-state index in [-0.39, 0.29) is 12.1 Å². The fourth-order valence-corrected chi connectivity index (χ4v) is 3.23. The number of carbonyl (C=O) groups is 1. The molecule has 1 saturated heterocycles. The van der Waals surface area contributed by atoms with Crippen molar-refractivity contribution in [1.82, 2.24) is 4.90 Å². The lowest BCUT2D eigenvalue weighted by molar-refractivity contribution is 0.0159. The van der Waals surface area contributed by atoms with Crippen LogP contribution in [0.5, 0.6) is 5.75 Å². The Morgan fingerprint density at radius 1 is 1.30 bits per heavy atom.